The van der Waals surface area contributed by atoms with Crippen LogP contribution in [-0.2, 0) is 16.1 Å². The van der Waals surface area contributed by atoms with Crippen LogP contribution in [-0.4, -0.2) is 40.0 Å². The summed E-state index contributed by atoms with van der Waals surface area (Å²) in [5.41, 5.74) is 2.29. The van der Waals surface area contributed by atoms with Crippen LogP contribution < -0.4 is 15.0 Å². The molecule has 0 bridgehead atoms. The van der Waals surface area contributed by atoms with Gasteiger partial charge in [-0.1, -0.05) is 12.1 Å². The van der Waals surface area contributed by atoms with E-state index in [9.17, 15) is 9.59 Å². The van der Waals surface area contributed by atoms with Gasteiger partial charge in [-0.15, -0.1) is 0 Å². The van der Waals surface area contributed by atoms with Crippen molar-refractivity contribution in [3.05, 3.63) is 82.2 Å². The van der Waals surface area contributed by atoms with Gasteiger partial charge in [0.2, 0.25) is 5.91 Å². The number of carbonyl (C=O) groups excluding carboxylic acids is 2. The van der Waals surface area contributed by atoms with Crippen LogP contribution in [0.15, 0.2) is 73.1 Å². The first-order chi connectivity index (χ1) is 16.0. The van der Waals surface area contributed by atoms with Crippen LogP contribution in [0.5, 0.6) is 5.75 Å². The summed E-state index contributed by atoms with van der Waals surface area (Å²) >= 11 is 7.88. The molecule has 1 fully saturated rings. The number of amides is 2. The molecule has 0 saturated carbocycles. The molecule has 3 aromatic rings. The van der Waals surface area contributed by atoms with Gasteiger partial charge in [0.15, 0.2) is 5.11 Å². The number of nitrogens with zero attached hydrogens (tertiary/aromatic N) is 3. The molecule has 0 radical (unpaired) electrons. The smallest absolute Gasteiger partial charge is 0.256 e. The lowest BCUT2D eigenvalue weighted by Crippen LogP contribution is -2.37. The van der Waals surface area contributed by atoms with Gasteiger partial charge in [0, 0.05) is 22.5 Å². The van der Waals surface area contributed by atoms with Gasteiger partial charge >= 0.3 is 0 Å². The Hall–Kier alpha value is -3.05. The summed E-state index contributed by atoms with van der Waals surface area (Å²) in [5.74, 6) is 0.187. The van der Waals surface area contributed by atoms with Gasteiger partial charge in [-0.05, 0) is 88.9 Å². The van der Waals surface area contributed by atoms with Crippen molar-refractivity contribution < 1.29 is 14.3 Å². The van der Waals surface area contributed by atoms with Crippen LogP contribution in [0.1, 0.15) is 12.0 Å². The number of para-hydroxylation sites is 1. The van der Waals surface area contributed by atoms with E-state index >= 15 is 0 Å². The van der Waals surface area contributed by atoms with Crippen molar-refractivity contribution in [2.24, 2.45) is 0 Å². The zero-order valence-electron chi connectivity index (χ0n) is 17.8. The molecule has 1 atom stereocenters. The van der Waals surface area contributed by atoms with E-state index in [1.165, 1.54) is 4.90 Å². The van der Waals surface area contributed by atoms with E-state index in [1.54, 1.807) is 48.7 Å². The van der Waals surface area contributed by atoms with Gasteiger partial charge in [-0.25, -0.2) is 0 Å². The number of thiocarbonyl (C=S) groups is 1. The van der Waals surface area contributed by atoms with E-state index in [1.807, 2.05) is 36.4 Å². The molecule has 168 valence electrons. The van der Waals surface area contributed by atoms with Crippen molar-refractivity contribution >= 4 is 63.1 Å². The van der Waals surface area contributed by atoms with Gasteiger partial charge in [0.1, 0.15) is 11.8 Å². The summed E-state index contributed by atoms with van der Waals surface area (Å²) in [7, 11) is 1.58. The molecule has 4 rings (SSSR count). The minimum atomic E-state index is -0.728. The van der Waals surface area contributed by atoms with E-state index in [4.69, 9.17) is 17.0 Å². The number of pyridine rings is 1. The monoisotopic (exact) mass is 572 g/mol. The third-order valence-corrected chi connectivity index (χ3v) is 6.64. The first-order valence-corrected chi connectivity index (χ1v) is 11.7. The number of carbonyl (C=O) groups is 2. The minimum absolute atomic E-state index is 0.0261. The average Bonchev–Trinajstić information content (AvgIpc) is 3.05. The molecular weight excluding hydrogens is 551 g/mol. The predicted molar refractivity (Wildman–Crippen MR) is 139 cm³/mol. The Labute approximate surface area is 210 Å². The van der Waals surface area contributed by atoms with Crippen molar-refractivity contribution in [3.8, 4) is 5.75 Å². The number of ether oxygens (including phenoxy) is 1. The largest absolute Gasteiger partial charge is 0.497 e. The van der Waals surface area contributed by atoms with Crippen molar-refractivity contribution in [1.29, 1.82) is 0 Å². The van der Waals surface area contributed by atoms with Crippen LogP contribution in [0.3, 0.4) is 0 Å². The zero-order valence-corrected chi connectivity index (χ0v) is 20.7. The molecule has 1 saturated heterocycles. The molecule has 0 spiro atoms. The highest BCUT2D eigenvalue weighted by atomic mass is 127. The molecular formula is C24H21IN4O3S. The fourth-order valence-electron chi connectivity index (χ4n) is 3.61. The molecule has 1 N–H and O–H groups in total. The predicted octanol–water partition coefficient (Wildman–Crippen LogP) is 4.23. The van der Waals surface area contributed by atoms with Crippen molar-refractivity contribution in [1.82, 2.24) is 9.88 Å². The van der Waals surface area contributed by atoms with E-state index < -0.39 is 6.04 Å². The summed E-state index contributed by atoms with van der Waals surface area (Å²) < 4.78 is 6.14. The standard InChI is InChI=1S/C24H21IN4O3S/c1-32-18-8-6-17(7-9-18)29-23(31)21(14-22(30)27-20-5-3-2-4-19(20)25)28(24(29)33)15-16-10-12-26-13-11-16/h2-13,21H,14-15H2,1H3,(H,27,30). The Balaban J connectivity index is 1.60. The Morgan fingerprint density at radius 1 is 1.12 bits per heavy atom. The first-order valence-electron chi connectivity index (χ1n) is 10.2. The molecule has 2 heterocycles. The Kier molecular flexibility index (Phi) is 7.19. The molecule has 0 aliphatic carbocycles. The summed E-state index contributed by atoms with van der Waals surface area (Å²) in [6.45, 7) is 0.389. The number of nitrogens with one attached hydrogen (secondary N) is 1. The number of methoxy groups -OCH3 is 1. The van der Waals surface area contributed by atoms with E-state index in [0.29, 0.717) is 28.8 Å². The Bertz CT molecular complexity index is 1170. The zero-order chi connectivity index (χ0) is 23.4. The number of benzene rings is 2. The fourth-order valence-corrected chi connectivity index (χ4v) is 4.52. The van der Waals surface area contributed by atoms with E-state index in [0.717, 1.165) is 9.13 Å². The molecule has 1 aromatic heterocycles. The van der Waals surface area contributed by atoms with E-state index in [-0.39, 0.29) is 18.2 Å². The molecule has 1 aliphatic heterocycles. The quantitative estimate of drug-likeness (QED) is 0.338. The van der Waals surface area contributed by atoms with Crippen LogP contribution in [0.4, 0.5) is 11.4 Å². The SMILES string of the molecule is COc1ccc(N2C(=O)C(CC(=O)Nc3ccccc3I)N(Cc3ccncc3)C2=S)cc1. The number of anilines is 2. The average molecular weight is 572 g/mol. The summed E-state index contributed by atoms with van der Waals surface area (Å²) in [6, 6.07) is 17.6. The number of rotatable bonds is 7. The number of halogens is 1. The van der Waals surface area contributed by atoms with Crippen LogP contribution >= 0.6 is 34.8 Å². The third kappa shape index (κ3) is 5.14. The van der Waals surface area contributed by atoms with Crippen LogP contribution in [0.25, 0.3) is 0 Å². The summed E-state index contributed by atoms with van der Waals surface area (Å²) in [6.07, 6.45) is 3.36. The van der Waals surface area contributed by atoms with Gasteiger partial charge in [0.05, 0.1) is 24.9 Å². The number of hydrogen-bond donors (Lipinski definition) is 1. The van der Waals surface area contributed by atoms with Crippen molar-refractivity contribution in [3.63, 3.8) is 0 Å². The highest BCUT2D eigenvalue weighted by molar-refractivity contribution is 14.1. The topological polar surface area (TPSA) is 74.8 Å². The summed E-state index contributed by atoms with van der Waals surface area (Å²) in [4.78, 5) is 33.7. The Morgan fingerprint density at radius 3 is 2.48 bits per heavy atom. The van der Waals surface area contributed by atoms with Gasteiger partial charge in [-0.3, -0.25) is 19.5 Å². The van der Waals surface area contributed by atoms with Crippen LogP contribution in [0.2, 0.25) is 0 Å². The number of hydrogen-bond acceptors (Lipinski definition) is 5. The van der Waals surface area contributed by atoms with Crippen LogP contribution in [0, 0.1) is 3.57 Å². The van der Waals surface area contributed by atoms with Gasteiger partial charge in [0.25, 0.3) is 5.91 Å². The van der Waals surface area contributed by atoms with E-state index in [2.05, 4.69) is 32.9 Å². The molecule has 33 heavy (non-hydrogen) atoms. The van der Waals surface area contributed by atoms with Crippen molar-refractivity contribution in [2.75, 3.05) is 17.3 Å². The third-order valence-electron chi connectivity index (χ3n) is 5.28. The lowest BCUT2D eigenvalue weighted by Gasteiger charge is -2.24. The second kappa shape index (κ2) is 10.3. The van der Waals surface area contributed by atoms with Crippen molar-refractivity contribution in [2.45, 2.75) is 19.0 Å². The molecule has 7 nitrogen and oxygen atoms in total. The highest BCUT2D eigenvalue weighted by Gasteiger charge is 2.44. The highest BCUT2D eigenvalue weighted by Crippen LogP contribution is 2.30. The molecule has 2 aromatic carbocycles. The lowest BCUT2D eigenvalue weighted by molar-refractivity contribution is -0.124. The molecule has 1 aliphatic rings. The first kappa shape index (κ1) is 23.1. The van der Waals surface area contributed by atoms with Gasteiger partial charge < -0.3 is 15.0 Å². The minimum Gasteiger partial charge on any atom is -0.497 e. The van der Waals surface area contributed by atoms with Gasteiger partial charge in [-0.2, -0.15) is 0 Å². The maximum atomic E-state index is 13.5. The fraction of sp³-hybridized carbons (Fsp3) is 0.167. The molecule has 2 amide bonds. The second-order valence-corrected chi connectivity index (χ2v) is 8.91. The lowest BCUT2D eigenvalue weighted by atomic mass is 10.1. The molecule has 9 heteroatoms. The second-order valence-electron chi connectivity index (χ2n) is 7.39. The maximum Gasteiger partial charge on any atom is 0.256 e. The maximum absolute atomic E-state index is 13.5. The molecule has 1 unspecified atom stereocenters. The normalized spacial score (nSPS) is 15.6. The summed E-state index contributed by atoms with van der Waals surface area (Å²) in [5, 5.41) is 3.27. The Morgan fingerprint density at radius 2 is 1.82 bits per heavy atom. The number of aromatic nitrogens is 1.